The normalized spacial score (nSPS) is 13.0. The Kier molecular flexibility index (Phi) is 12.6. The maximum atomic E-state index is 12.6. The van der Waals surface area contributed by atoms with Crippen LogP contribution >= 0.6 is 0 Å². The zero-order valence-electron chi connectivity index (χ0n) is 29.5. The van der Waals surface area contributed by atoms with Gasteiger partial charge in [0, 0.05) is 41.8 Å². The quantitative estimate of drug-likeness (QED) is 0.0777. The summed E-state index contributed by atoms with van der Waals surface area (Å²) in [4.78, 5) is 46.9. The van der Waals surface area contributed by atoms with Gasteiger partial charge in [0.1, 0.15) is 6.61 Å². The average Bonchev–Trinajstić information content (AvgIpc) is 3.56. The van der Waals surface area contributed by atoms with Crippen LogP contribution in [0, 0.1) is 0 Å². The Labute approximate surface area is 306 Å². The SMILES string of the molecule is CCc1cc2c(cc1CC)CC(NCC(O)c1cc(-c3ccccc3C(=O)O)c(OCc3ccccc3)c3[nH]c(=O)ccc13)C2.O=C(O)/C=C\C(=O)O. The Bertz CT molecular complexity index is 2160. The Morgan fingerprint density at radius 1 is 0.830 bits per heavy atom. The van der Waals surface area contributed by atoms with Crippen LogP contribution in [0.2, 0.25) is 0 Å². The van der Waals surface area contributed by atoms with Crippen LogP contribution in [0.15, 0.2) is 102 Å². The number of rotatable bonds is 13. The van der Waals surface area contributed by atoms with Crippen LogP contribution in [0.25, 0.3) is 22.0 Å². The summed E-state index contributed by atoms with van der Waals surface area (Å²) < 4.78 is 6.37. The molecule has 0 fully saturated rings. The summed E-state index contributed by atoms with van der Waals surface area (Å²) in [5.74, 6) is -3.24. The first-order chi connectivity index (χ1) is 25.5. The molecule has 0 amide bonds. The summed E-state index contributed by atoms with van der Waals surface area (Å²) in [5, 5.41) is 41.6. The number of benzene rings is 4. The number of aliphatic carboxylic acids is 2. The third kappa shape index (κ3) is 9.45. The van der Waals surface area contributed by atoms with E-state index in [4.69, 9.17) is 14.9 Å². The molecular formula is C42H42N2O9. The third-order valence-corrected chi connectivity index (χ3v) is 9.22. The number of aromatic amines is 1. The molecule has 1 aliphatic carbocycles. The van der Waals surface area contributed by atoms with Crippen molar-refractivity contribution < 1.29 is 39.5 Å². The van der Waals surface area contributed by atoms with E-state index >= 15 is 0 Å². The number of H-pyrrole nitrogens is 1. The van der Waals surface area contributed by atoms with Crippen molar-refractivity contribution in [3.8, 4) is 16.9 Å². The van der Waals surface area contributed by atoms with E-state index in [0.29, 0.717) is 52.0 Å². The fraction of sp³-hybridized carbons (Fsp3) is 0.238. The molecule has 0 aliphatic heterocycles. The standard InChI is InChI=1S/C38H38N2O5.C4H4O4/c1-3-24-16-26-18-28(19-27(26)17-25(24)4-2)39-21-34(41)32-20-33(29-12-8-9-13-31(29)38(43)44)37(36-30(32)14-15-35(42)40-36)45-22-23-10-6-5-7-11-23;5-3(6)1-2-4(7)8/h5-17,20,28,34,39,41H,3-4,18-19,21-22H2,1-2H3,(H,40,42)(H,43,44);1-2H,(H,5,6)(H,7,8)/b;2-1-. The summed E-state index contributed by atoms with van der Waals surface area (Å²) in [6.07, 6.45) is 4.01. The summed E-state index contributed by atoms with van der Waals surface area (Å²) in [6, 6.07) is 26.1. The van der Waals surface area contributed by atoms with Gasteiger partial charge in [0.15, 0.2) is 5.75 Å². The number of nitrogens with one attached hydrogen (secondary N) is 2. The Balaban J connectivity index is 0.000000609. The van der Waals surface area contributed by atoms with Crippen LogP contribution in [0.4, 0.5) is 0 Å². The molecule has 6 N–H and O–H groups in total. The van der Waals surface area contributed by atoms with Crippen molar-refractivity contribution in [1.82, 2.24) is 10.3 Å². The molecule has 11 nitrogen and oxygen atoms in total. The Hall–Kier alpha value is -6.04. The van der Waals surface area contributed by atoms with E-state index in [1.165, 1.54) is 28.3 Å². The highest BCUT2D eigenvalue weighted by Crippen LogP contribution is 2.41. The minimum absolute atomic E-state index is 0.0971. The molecule has 1 aromatic heterocycles. The summed E-state index contributed by atoms with van der Waals surface area (Å²) >= 11 is 0. The van der Waals surface area contributed by atoms with E-state index < -0.39 is 24.0 Å². The third-order valence-electron chi connectivity index (χ3n) is 9.22. The molecule has 0 bridgehead atoms. The number of aromatic carboxylic acids is 1. The van der Waals surface area contributed by atoms with Crippen LogP contribution in [0.3, 0.4) is 0 Å². The highest BCUT2D eigenvalue weighted by molar-refractivity contribution is 6.01. The van der Waals surface area contributed by atoms with E-state index in [2.05, 4.69) is 36.3 Å². The molecule has 0 saturated heterocycles. The summed E-state index contributed by atoms with van der Waals surface area (Å²) in [5.41, 5.74) is 8.15. The summed E-state index contributed by atoms with van der Waals surface area (Å²) in [7, 11) is 0. The minimum atomic E-state index is -1.26. The van der Waals surface area contributed by atoms with Gasteiger partial charge in [0.2, 0.25) is 5.56 Å². The van der Waals surface area contributed by atoms with E-state index in [1.807, 2.05) is 30.3 Å². The van der Waals surface area contributed by atoms with Crippen LogP contribution in [-0.4, -0.2) is 55.9 Å². The lowest BCUT2D eigenvalue weighted by molar-refractivity contribution is -0.134. The molecule has 1 atom stereocenters. The predicted molar refractivity (Wildman–Crippen MR) is 202 cm³/mol. The van der Waals surface area contributed by atoms with E-state index in [9.17, 15) is 29.4 Å². The van der Waals surface area contributed by atoms with E-state index in [-0.39, 0.29) is 23.8 Å². The van der Waals surface area contributed by atoms with Crippen molar-refractivity contribution in [1.29, 1.82) is 0 Å². The maximum Gasteiger partial charge on any atom is 0.336 e. The van der Waals surface area contributed by atoms with Gasteiger partial charge in [-0.3, -0.25) is 4.79 Å². The lowest BCUT2D eigenvalue weighted by atomic mass is 9.92. The van der Waals surface area contributed by atoms with Crippen LogP contribution in [0.5, 0.6) is 5.75 Å². The van der Waals surface area contributed by atoms with Crippen LogP contribution < -0.4 is 15.6 Å². The first-order valence-corrected chi connectivity index (χ1v) is 17.4. The zero-order valence-corrected chi connectivity index (χ0v) is 29.5. The van der Waals surface area contributed by atoms with Gasteiger partial charge in [-0.05, 0) is 82.8 Å². The number of aryl methyl sites for hydroxylation is 2. The van der Waals surface area contributed by atoms with Crippen molar-refractivity contribution in [2.75, 3.05) is 6.54 Å². The number of hydrogen-bond donors (Lipinski definition) is 6. The van der Waals surface area contributed by atoms with Crippen molar-refractivity contribution in [2.45, 2.75) is 58.3 Å². The number of carboxylic acids is 3. The smallest absolute Gasteiger partial charge is 0.336 e. The predicted octanol–water partition coefficient (Wildman–Crippen LogP) is 6.10. The molecule has 0 spiro atoms. The number of aliphatic hydroxyl groups excluding tert-OH is 1. The average molecular weight is 719 g/mol. The molecule has 6 rings (SSSR count). The molecule has 1 unspecified atom stereocenters. The number of pyridine rings is 1. The summed E-state index contributed by atoms with van der Waals surface area (Å²) in [6.45, 7) is 4.89. The van der Waals surface area contributed by atoms with Crippen molar-refractivity contribution in [3.63, 3.8) is 0 Å². The van der Waals surface area contributed by atoms with E-state index in [1.54, 1.807) is 36.4 Å². The van der Waals surface area contributed by atoms with Crippen molar-refractivity contribution in [2.24, 2.45) is 0 Å². The Morgan fingerprint density at radius 3 is 2.02 bits per heavy atom. The second kappa shape index (κ2) is 17.5. The van der Waals surface area contributed by atoms with Gasteiger partial charge in [0.05, 0.1) is 17.2 Å². The number of ether oxygens (including phenoxy) is 1. The number of fused-ring (bicyclic) bond motifs is 2. The molecule has 1 heterocycles. The first-order valence-electron chi connectivity index (χ1n) is 17.4. The van der Waals surface area contributed by atoms with Crippen molar-refractivity contribution >= 4 is 28.8 Å². The molecule has 1 aliphatic rings. The van der Waals surface area contributed by atoms with Gasteiger partial charge in [-0.1, -0.05) is 74.5 Å². The topological polar surface area (TPSA) is 186 Å². The number of aliphatic hydroxyl groups is 1. The van der Waals surface area contributed by atoms with Crippen LogP contribution in [0.1, 0.15) is 63.7 Å². The molecule has 5 aromatic rings. The van der Waals surface area contributed by atoms with Gasteiger partial charge in [-0.25, -0.2) is 14.4 Å². The molecule has 0 radical (unpaired) electrons. The molecule has 0 saturated carbocycles. The molecule has 4 aromatic carbocycles. The lowest BCUT2D eigenvalue weighted by Crippen LogP contribution is -2.33. The number of carbonyl (C=O) groups is 3. The first kappa shape index (κ1) is 38.2. The second-order valence-corrected chi connectivity index (χ2v) is 12.7. The lowest BCUT2D eigenvalue weighted by Gasteiger charge is -2.22. The monoisotopic (exact) mass is 718 g/mol. The fourth-order valence-corrected chi connectivity index (χ4v) is 6.70. The minimum Gasteiger partial charge on any atom is -0.486 e. The zero-order chi connectivity index (χ0) is 38.1. The van der Waals surface area contributed by atoms with Gasteiger partial charge in [0.25, 0.3) is 0 Å². The number of hydrogen-bond acceptors (Lipinski definition) is 7. The van der Waals surface area contributed by atoms with Gasteiger partial charge < -0.3 is 35.5 Å². The van der Waals surface area contributed by atoms with E-state index in [0.717, 1.165) is 31.2 Å². The van der Waals surface area contributed by atoms with Gasteiger partial charge >= 0.3 is 17.9 Å². The van der Waals surface area contributed by atoms with Crippen molar-refractivity contribution in [3.05, 3.63) is 146 Å². The van der Waals surface area contributed by atoms with Gasteiger partial charge in [-0.2, -0.15) is 0 Å². The second-order valence-electron chi connectivity index (χ2n) is 12.7. The number of aromatic nitrogens is 1. The highest BCUT2D eigenvalue weighted by atomic mass is 16.5. The van der Waals surface area contributed by atoms with Crippen LogP contribution in [-0.2, 0) is 41.9 Å². The largest absolute Gasteiger partial charge is 0.486 e. The molecule has 11 heteroatoms. The number of carboxylic acid groups (broad SMARTS) is 3. The molecule has 274 valence electrons. The Morgan fingerprint density at radius 2 is 1.43 bits per heavy atom. The fourth-order valence-electron chi connectivity index (χ4n) is 6.70. The highest BCUT2D eigenvalue weighted by Gasteiger charge is 2.26. The molecule has 53 heavy (non-hydrogen) atoms. The molecular weight excluding hydrogens is 676 g/mol. The van der Waals surface area contributed by atoms with Gasteiger partial charge in [-0.15, -0.1) is 0 Å². The maximum absolute atomic E-state index is 12.6.